The molecule has 0 aliphatic rings. The summed E-state index contributed by atoms with van der Waals surface area (Å²) in [6.07, 6.45) is 4.11. The molecule has 1 unspecified atom stereocenters. The van der Waals surface area contributed by atoms with Crippen LogP contribution in [0.5, 0.6) is 0 Å². The van der Waals surface area contributed by atoms with Crippen molar-refractivity contribution in [1.29, 1.82) is 0 Å². The number of halogens is 1. The van der Waals surface area contributed by atoms with Crippen molar-refractivity contribution >= 4 is 22.6 Å². The number of aryl methyl sites for hydroxylation is 1. The Morgan fingerprint density at radius 1 is 1.45 bits per heavy atom. The number of aromatic amines is 1. The van der Waals surface area contributed by atoms with Crippen molar-refractivity contribution in [1.82, 2.24) is 19.5 Å². The van der Waals surface area contributed by atoms with E-state index in [0.29, 0.717) is 11.4 Å². The number of nitrogens with one attached hydrogen (secondary N) is 1. The molecule has 2 heterocycles. The average Bonchev–Trinajstić information content (AvgIpc) is 3.05. The highest BCUT2D eigenvalue weighted by Crippen LogP contribution is 2.27. The third kappa shape index (κ3) is 2.19. The topological polar surface area (TPSA) is 72.5 Å². The molecule has 3 aromatic rings. The summed E-state index contributed by atoms with van der Waals surface area (Å²) in [4.78, 5) is 11.7. The van der Waals surface area contributed by atoms with Crippen molar-refractivity contribution in [3.05, 3.63) is 47.3 Å². The molecule has 0 aliphatic carbocycles. The fraction of sp³-hybridized carbons (Fsp3) is 0.286. The van der Waals surface area contributed by atoms with Crippen molar-refractivity contribution in [3.8, 4) is 0 Å². The fourth-order valence-corrected chi connectivity index (χ4v) is 2.76. The fourth-order valence-electron chi connectivity index (χ4n) is 2.49. The monoisotopic (exact) mass is 289 g/mol. The van der Waals surface area contributed by atoms with Crippen LogP contribution in [0.1, 0.15) is 24.5 Å². The first kappa shape index (κ1) is 13.1. The Bertz CT molecular complexity index is 717. The van der Waals surface area contributed by atoms with Crippen LogP contribution < -0.4 is 5.73 Å². The number of hydrogen-bond donors (Lipinski definition) is 2. The summed E-state index contributed by atoms with van der Waals surface area (Å²) in [6.45, 7) is 2.85. The van der Waals surface area contributed by atoms with E-state index < -0.39 is 0 Å². The highest BCUT2D eigenvalue weighted by atomic mass is 35.5. The molecule has 3 N–H and O–H groups in total. The van der Waals surface area contributed by atoms with Crippen LogP contribution >= 0.6 is 11.6 Å². The molecule has 0 bridgehead atoms. The van der Waals surface area contributed by atoms with Crippen molar-refractivity contribution < 1.29 is 0 Å². The Kier molecular flexibility index (Phi) is 3.46. The van der Waals surface area contributed by atoms with E-state index in [2.05, 4.69) is 26.4 Å². The predicted molar refractivity (Wildman–Crippen MR) is 79.6 cm³/mol. The summed E-state index contributed by atoms with van der Waals surface area (Å²) in [6, 6.07) is 5.54. The quantitative estimate of drug-likeness (QED) is 0.775. The highest BCUT2D eigenvalue weighted by molar-refractivity contribution is 6.35. The van der Waals surface area contributed by atoms with E-state index >= 15 is 0 Å². The van der Waals surface area contributed by atoms with Crippen LogP contribution in [-0.4, -0.2) is 19.5 Å². The molecule has 2 aromatic heterocycles. The zero-order chi connectivity index (χ0) is 14.1. The molecule has 0 aliphatic heterocycles. The molecule has 0 amide bonds. The maximum absolute atomic E-state index is 6.30. The Balaban J connectivity index is 2.04. The van der Waals surface area contributed by atoms with E-state index in [1.165, 1.54) is 0 Å². The number of nitrogens with two attached hydrogens (primary N) is 1. The molecule has 0 spiro atoms. The van der Waals surface area contributed by atoms with Gasteiger partial charge in [0.15, 0.2) is 0 Å². The lowest BCUT2D eigenvalue weighted by Gasteiger charge is -2.12. The van der Waals surface area contributed by atoms with Gasteiger partial charge in [-0.1, -0.05) is 17.7 Å². The SMILES string of the molecule is CCn1c(C(N)Cc2cnc[nH]2)nc2cccc(Cl)c21. The Labute approximate surface area is 121 Å². The summed E-state index contributed by atoms with van der Waals surface area (Å²) >= 11 is 6.28. The second-order valence-corrected chi connectivity index (χ2v) is 5.12. The minimum Gasteiger partial charge on any atom is -0.348 e. The molecule has 3 rings (SSSR count). The average molecular weight is 290 g/mol. The number of nitrogens with zero attached hydrogens (tertiary/aromatic N) is 3. The highest BCUT2D eigenvalue weighted by Gasteiger charge is 2.18. The van der Waals surface area contributed by atoms with Crippen molar-refractivity contribution in [3.63, 3.8) is 0 Å². The minimum atomic E-state index is -0.195. The first-order valence-electron chi connectivity index (χ1n) is 6.58. The molecule has 5 nitrogen and oxygen atoms in total. The number of aromatic nitrogens is 4. The minimum absolute atomic E-state index is 0.195. The molecule has 0 saturated heterocycles. The molecule has 0 saturated carbocycles. The van der Waals surface area contributed by atoms with Gasteiger partial charge in [-0.15, -0.1) is 0 Å². The summed E-state index contributed by atoms with van der Waals surface area (Å²) in [7, 11) is 0. The standard InChI is InChI=1S/C14H16ClN5/c1-2-20-13-10(15)4-3-5-12(13)19-14(20)11(16)6-9-7-17-8-18-9/h3-5,7-8,11H,2,6,16H2,1H3,(H,17,18). The van der Waals surface area contributed by atoms with Gasteiger partial charge in [-0.2, -0.15) is 0 Å². The molecular weight excluding hydrogens is 274 g/mol. The zero-order valence-electron chi connectivity index (χ0n) is 11.2. The molecule has 104 valence electrons. The predicted octanol–water partition coefficient (Wildman–Crippen LogP) is 2.68. The lowest BCUT2D eigenvalue weighted by Crippen LogP contribution is -2.19. The van der Waals surface area contributed by atoms with Gasteiger partial charge in [-0.05, 0) is 19.1 Å². The summed E-state index contributed by atoms with van der Waals surface area (Å²) in [5.74, 6) is 0.852. The van der Waals surface area contributed by atoms with E-state index in [1.54, 1.807) is 12.5 Å². The normalized spacial score (nSPS) is 12.9. The first-order chi connectivity index (χ1) is 9.70. The Morgan fingerprint density at radius 3 is 3.00 bits per heavy atom. The largest absolute Gasteiger partial charge is 0.348 e. The van der Waals surface area contributed by atoms with Gasteiger partial charge in [0.25, 0.3) is 0 Å². The third-order valence-electron chi connectivity index (χ3n) is 3.39. The molecule has 1 aromatic carbocycles. The van der Waals surface area contributed by atoms with Crippen LogP contribution in [-0.2, 0) is 13.0 Å². The number of rotatable bonds is 4. The van der Waals surface area contributed by atoms with Crippen molar-refractivity contribution in [2.75, 3.05) is 0 Å². The lowest BCUT2D eigenvalue weighted by atomic mass is 10.1. The van der Waals surface area contributed by atoms with Crippen LogP contribution in [0, 0.1) is 0 Å². The van der Waals surface area contributed by atoms with Gasteiger partial charge >= 0.3 is 0 Å². The van der Waals surface area contributed by atoms with Gasteiger partial charge in [0.1, 0.15) is 5.82 Å². The Hall–Kier alpha value is -1.85. The van der Waals surface area contributed by atoms with Crippen molar-refractivity contribution in [2.24, 2.45) is 5.73 Å². The van der Waals surface area contributed by atoms with E-state index in [4.69, 9.17) is 17.3 Å². The summed E-state index contributed by atoms with van der Waals surface area (Å²) in [5.41, 5.74) is 9.14. The van der Waals surface area contributed by atoms with Crippen LogP contribution in [0.15, 0.2) is 30.7 Å². The maximum atomic E-state index is 6.30. The van der Waals surface area contributed by atoms with E-state index in [0.717, 1.165) is 29.1 Å². The number of fused-ring (bicyclic) bond motifs is 1. The summed E-state index contributed by atoms with van der Waals surface area (Å²) < 4.78 is 2.08. The van der Waals surface area contributed by atoms with Gasteiger partial charge in [0, 0.05) is 24.9 Å². The second-order valence-electron chi connectivity index (χ2n) is 4.71. The number of para-hydroxylation sites is 1. The van der Waals surface area contributed by atoms with Gasteiger partial charge < -0.3 is 15.3 Å². The van der Waals surface area contributed by atoms with E-state index in [-0.39, 0.29) is 6.04 Å². The molecule has 1 atom stereocenters. The number of imidazole rings is 2. The third-order valence-corrected chi connectivity index (χ3v) is 3.69. The number of hydrogen-bond acceptors (Lipinski definition) is 3. The first-order valence-corrected chi connectivity index (χ1v) is 6.96. The molecule has 6 heteroatoms. The summed E-state index contributed by atoms with van der Waals surface area (Å²) in [5, 5.41) is 0.705. The lowest BCUT2D eigenvalue weighted by molar-refractivity contribution is 0.604. The molecule has 0 fully saturated rings. The van der Waals surface area contributed by atoms with Crippen LogP contribution in [0.3, 0.4) is 0 Å². The molecule has 0 radical (unpaired) electrons. The smallest absolute Gasteiger partial charge is 0.127 e. The van der Waals surface area contributed by atoms with Gasteiger partial charge in [-0.25, -0.2) is 9.97 Å². The molecular formula is C14H16ClN5. The second kappa shape index (κ2) is 5.26. The molecule has 20 heavy (non-hydrogen) atoms. The van der Waals surface area contributed by atoms with Gasteiger partial charge in [-0.3, -0.25) is 0 Å². The number of benzene rings is 1. The Morgan fingerprint density at radius 2 is 2.30 bits per heavy atom. The van der Waals surface area contributed by atoms with Gasteiger partial charge in [0.05, 0.1) is 28.4 Å². The zero-order valence-corrected chi connectivity index (χ0v) is 11.9. The van der Waals surface area contributed by atoms with Crippen molar-refractivity contribution in [2.45, 2.75) is 25.9 Å². The van der Waals surface area contributed by atoms with E-state index in [9.17, 15) is 0 Å². The number of H-pyrrole nitrogens is 1. The van der Waals surface area contributed by atoms with Crippen LogP contribution in [0.25, 0.3) is 11.0 Å². The van der Waals surface area contributed by atoms with Crippen LogP contribution in [0.2, 0.25) is 5.02 Å². The van der Waals surface area contributed by atoms with Gasteiger partial charge in [0.2, 0.25) is 0 Å². The maximum Gasteiger partial charge on any atom is 0.127 e. The van der Waals surface area contributed by atoms with Crippen LogP contribution in [0.4, 0.5) is 0 Å². The van der Waals surface area contributed by atoms with E-state index in [1.807, 2.05) is 18.2 Å².